The predicted octanol–water partition coefficient (Wildman–Crippen LogP) is 1.66. The van der Waals surface area contributed by atoms with Gasteiger partial charge in [-0.2, -0.15) is 0 Å². The lowest BCUT2D eigenvalue weighted by molar-refractivity contribution is 0.146. The SMILES string of the molecule is CCNC1(CCO)CCOc2ccccc21. The first-order valence-electron chi connectivity index (χ1n) is 5.90. The summed E-state index contributed by atoms with van der Waals surface area (Å²) in [6, 6.07) is 8.10. The third-order valence-electron chi connectivity index (χ3n) is 3.24. The first-order valence-corrected chi connectivity index (χ1v) is 5.90. The van der Waals surface area contributed by atoms with Crippen LogP contribution in [0, 0.1) is 0 Å². The van der Waals surface area contributed by atoms with Crippen LogP contribution in [0.25, 0.3) is 0 Å². The van der Waals surface area contributed by atoms with E-state index in [2.05, 4.69) is 18.3 Å². The Morgan fingerprint density at radius 1 is 1.44 bits per heavy atom. The van der Waals surface area contributed by atoms with Gasteiger partial charge in [0.05, 0.1) is 12.1 Å². The van der Waals surface area contributed by atoms with Gasteiger partial charge in [-0.15, -0.1) is 0 Å². The van der Waals surface area contributed by atoms with E-state index in [9.17, 15) is 5.11 Å². The highest BCUT2D eigenvalue weighted by atomic mass is 16.5. The summed E-state index contributed by atoms with van der Waals surface area (Å²) in [7, 11) is 0. The highest BCUT2D eigenvalue weighted by Gasteiger charge is 2.36. The lowest BCUT2D eigenvalue weighted by Gasteiger charge is -2.39. The molecule has 0 saturated heterocycles. The molecule has 0 amide bonds. The van der Waals surface area contributed by atoms with Crippen molar-refractivity contribution < 1.29 is 9.84 Å². The molecule has 1 heterocycles. The summed E-state index contributed by atoms with van der Waals surface area (Å²) >= 11 is 0. The van der Waals surface area contributed by atoms with Gasteiger partial charge < -0.3 is 15.2 Å². The van der Waals surface area contributed by atoms with Gasteiger partial charge in [-0.05, 0) is 19.0 Å². The zero-order valence-electron chi connectivity index (χ0n) is 9.70. The fraction of sp³-hybridized carbons (Fsp3) is 0.538. The summed E-state index contributed by atoms with van der Waals surface area (Å²) in [6.07, 6.45) is 1.65. The summed E-state index contributed by atoms with van der Waals surface area (Å²) in [6.45, 7) is 3.90. The molecule has 1 aliphatic heterocycles. The van der Waals surface area contributed by atoms with Gasteiger partial charge in [0.25, 0.3) is 0 Å². The maximum absolute atomic E-state index is 9.26. The predicted molar refractivity (Wildman–Crippen MR) is 63.6 cm³/mol. The van der Waals surface area contributed by atoms with Crippen LogP contribution in [-0.4, -0.2) is 24.9 Å². The van der Waals surface area contributed by atoms with Gasteiger partial charge in [0, 0.05) is 18.6 Å². The molecule has 0 aliphatic carbocycles. The van der Waals surface area contributed by atoms with Gasteiger partial charge in [-0.3, -0.25) is 0 Å². The quantitative estimate of drug-likeness (QED) is 0.812. The van der Waals surface area contributed by atoms with E-state index in [0.29, 0.717) is 6.61 Å². The molecule has 0 saturated carbocycles. The molecular formula is C13H19NO2. The van der Waals surface area contributed by atoms with Crippen LogP contribution in [0.2, 0.25) is 0 Å². The molecule has 1 aromatic rings. The van der Waals surface area contributed by atoms with Crippen LogP contribution in [0.3, 0.4) is 0 Å². The molecule has 3 heteroatoms. The fourth-order valence-corrected chi connectivity index (χ4v) is 2.52. The first-order chi connectivity index (χ1) is 7.82. The number of hydrogen-bond acceptors (Lipinski definition) is 3. The third-order valence-corrected chi connectivity index (χ3v) is 3.24. The Kier molecular flexibility index (Phi) is 3.46. The molecule has 2 N–H and O–H groups in total. The summed E-state index contributed by atoms with van der Waals surface area (Å²) in [5.74, 6) is 0.947. The number of fused-ring (bicyclic) bond motifs is 1. The minimum absolute atomic E-state index is 0.113. The van der Waals surface area contributed by atoms with Gasteiger partial charge >= 0.3 is 0 Å². The molecule has 1 atom stereocenters. The number of rotatable bonds is 4. The molecule has 1 unspecified atom stereocenters. The number of aliphatic hydroxyl groups excluding tert-OH is 1. The zero-order valence-corrected chi connectivity index (χ0v) is 9.70. The van der Waals surface area contributed by atoms with E-state index in [1.54, 1.807) is 0 Å². The van der Waals surface area contributed by atoms with E-state index in [1.165, 1.54) is 5.56 Å². The molecule has 1 aromatic carbocycles. The molecule has 88 valence electrons. The number of nitrogens with one attached hydrogen (secondary N) is 1. The van der Waals surface area contributed by atoms with Crippen LogP contribution in [0.4, 0.5) is 0 Å². The van der Waals surface area contributed by atoms with Gasteiger partial charge in [-0.1, -0.05) is 25.1 Å². The smallest absolute Gasteiger partial charge is 0.124 e. The summed E-state index contributed by atoms with van der Waals surface area (Å²) in [4.78, 5) is 0. The van der Waals surface area contributed by atoms with Crippen molar-refractivity contribution in [3.8, 4) is 5.75 Å². The van der Waals surface area contributed by atoms with E-state index in [-0.39, 0.29) is 12.1 Å². The Bertz CT molecular complexity index is 346. The monoisotopic (exact) mass is 221 g/mol. The second kappa shape index (κ2) is 4.85. The third kappa shape index (κ3) is 1.93. The molecule has 0 radical (unpaired) electrons. The molecule has 0 aromatic heterocycles. The number of para-hydroxylation sites is 1. The van der Waals surface area contributed by atoms with E-state index in [1.807, 2.05) is 18.2 Å². The minimum Gasteiger partial charge on any atom is -0.493 e. The summed E-state index contributed by atoms with van der Waals surface area (Å²) < 4.78 is 5.65. The molecule has 0 spiro atoms. The highest BCUT2D eigenvalue weighted by molar-refractivity contribution is 5.40. The summed E-state index contributed by atoms with van der Waals surface area (Å²) in [5, 5.41) is 12.8. The molecule has 0 fully saturated rings. The maximum atomic E-state index is 9.26. The average molecular weight is 221 g/mol. The molecule has 2 rings (SSSR count). The van der Waals surface area contributed by atoms with Crippen LogP contribution >= 0.6 is 0 Å². The topological polar surface area (TPSA) is 41.5 Å². The van der Waals surface area contributed by atoms with Crippen molar-refractivity contribution in [2.24, 2.45) is 0 Å². The largest absolute Gasteiger partial charge is 0.493 e. The normalized spacial score (nSPS) is 23.6. The van der Waals surface area contributed by atoms with Gasteiger partial charge in [0.2, 0.25) is 0 Å². The maximum Gasteiger partial charge on any atom is 0.124 e. The van der Waals surface area contributed by atoms with Crippen molar-refractivity contribution >= 4 is 0 Å². The van der Waals surface area contributed by atoms with Gasteiger partial charge in [0.15, 0.2) is 0 Å². The molecule has 0 bridgehead atoms. The molecule has 1 aliphatic rings. The molecule has 16 heavy (non-hydrogen) atoms. The van der Waals surface area contributed by atoms with Gasteiger partial charge in [0.1, 0.15) is 5.75 Å². The Labute approximate surface area is 96.4 Å². The lowest BCUT2D eigenvalue weighted by Crippen LogP contribution is -2.46. The Morgan fingerprint density at radius 2 is 2.25 bits per heavy atom. The van der Waals surface area contributed by atoms with Crippen molar-refractivity contribution in [3.63, 3.8) is 0 Å². The average Bonchev–Trinajstić information content (AvgIpc) is 2.30. The zero-order chi connectivity index (χ0) is 11.4. The minimum atomic E-state index is -0.113. The molecule has 3 nitrogen and oxygen atoms in total. The lowest BCUT2D eigenvalue weighted by atomic mass is 9.82. The van der Waals surface area contributed by atoms with Crippen molar-refractivity contribution in [3.05, 3.63) is 29.8 Å². The Hall–Kier alpha value is -1.06. The van der Waals surface area contributed by atoms with Crippen molar-refractivity contribution in [2.45, 2.75) is 25.3 Å². The Morgan fingerprint density at radius 3 is 3.00 bits per heavy atom. The van der Waals surface area contributed by atoms with Crippen LogP contribution in [0.15, 0.2) is 24.3 Å². The van der Waals surface area contributed by atoms with Crippen LogP contribution in [-0.2, 0) is 5.54 Å². The van der Waals surface area contributed by atoms with Crippen molar-refractivity contribution in [1.29, 1.82) is 0 Å². The fourth-order valence-electron chi connectivity index (χ4n) is 2.52. The van der Waals surface area contributed by atoms with Crippen molar-refractivity contribution in [2.75, 3.05) is 19.8 Å². The van der Waals surface area contributed by atoms with Crippen LogP contribution in [0.5, 0.6) is 5.75 Å². The first kappa shape index (κ1) is 11.4. The molecular weight excluding hydrogens is 202 g/mol. The Balaban J connectivity index is 2.39. The van der Waals surface area contributed by atoms with E-state index in [0.717, 1.165) is 25.1 Å². The second-order valence-electron chi connectivity index (χ2n) is 4.18. The summed E-state index contributed by atoms with van der Waals surface area (Å²) in [5.41, 5.74) is 1.07. The number of benzene rings is 1. The van der Waals surface area contributed by atoms with E-state index < -0.39 is 0 Å². The number of aliphatic hydroxyl groups is 1. The van der Waals surface area contributed by atoms with E-state index in [4.69, 9.17) is 4.74 Å². The number of ether oxygens (including phenoxy) is 1. The van der Waals surface area contributed by atoms with Crippen molar-refractivity contribution in [1.82, 2.24) is 5.32 Å². The second-order valence-corrected chi connectivity index (χ2v) is 4.18. The number of hydrogen-bond donors (Lipinski definition) is 2. The van der Waals surface area contributed by atoms with Crippen LogP contribution in [0.1, 0.15) is 25.3 Å². The van der Waals surface area contributed by atoms with Gasteiger partial charge in [-0.25, -0.2) is 0 Å². The van der Waals surface area contributed by atoms with Crippen LogP contribution < -0.4 is 10.1 Å². The van der Waals surface area contributed by atoms with E-state index >= 15 is 0 Å². The highest BCUT2D eigenvalue weighted by Crippen LogP contribution is 2.38. The standard InChI is InChI=1S/C13H19NO2/c1-2-14-13(7-9-15)8-10-16-12-6-4-3-5-11(12)13/h3-6,14-15H,2,7-10H2,1H3.